The van der Waals surface area contributed by atoms with Gasteiger partial charge in [0.15, 0.2) is 11.5 Å². The maximum atomic E-state index is 12.8. The molecule has 2 aromatic carbocycles. The number of ether oxygens (including phenoxy) is 2. The van der Waals surface area contributed by atoms with Gasteiger partial charge in [-0.15, -0.1) is 0 Å². The fraction of sp³-hybridized carbons (Fsp3) is 0.381. The molecule has 0 aromatic heterocycles. The summed E-state index contributed by atoms with van der Waals surface area (Å²) in [7, 11) is 2.12. The number of nitrogens with zero attached hydrogens (tertiary/aromatic N) is 2. The summed E-state index contributed by atoms with van der Waals surface area (Å²) in [4.78, 5) is 17.4. The van der Waals surface area contributed by atoms with Crippen LogP contribution in [0.5, 0.6) is 11.5 Å². The summed E-state index contributed by atoms with van der Waals surface area (Å²) in [5.74, 6) is 1.25. The van der Waals surface area contributed by atoms with Crippen molar-refractivity contribution >= 4 is 44.8 Å². The van der Waals surface area contributed by atoms with Gasteiger partial charge >= 0.3 is 0 Å². The molecule has 1 saturated heterocycles. The molecule has 0 radical (unpaired) electrons. The lowest BCUT2D eigenvalue weighted by atomic mass is 10.1. The molecule has 2 aromatic rings. The van der Waals surface area contributed by atoms with Crippen molar-refractivity contribution in [1.82, 2.24) is 4.90 Å². The summed E-state index contributed by atoms with van der Waals surface area (Å²) < 4.78 is 12.0. The third-order valence-electron chi connectivity index (χ3n) is 5.14. The molecule has 2 aliphatic heterocycles. The van der Waals surface area contributed by atoms with Crippen LogP contribution in [0.2, 0.25) is 5.02 Å². The first-order chi connectivity index (χ1) is 14.0. The van der Waals surface area contributed by atoms with E-state index in [-0.39, 0.29) is 12.3 Å². The molecule has 4 rings (SSSR count). The van der Waals surface area contributed by atoms with Gasteiger partial charge in [0.2, 0.25) is 5.91 Å². The van der Waals surface area contributed by atoms with Crippen molar-refractivity contribution in [3.8, 4) is 11.5 Å². The number of carbonyl (C=O) groups excluding carboxylic acids is 1. The van der Waals surface area contributed by atoms with Crippen LogP contribution in [0, 0.1) is 0 Å². The summed E-state index contributed by atoms with van der Waals surface area (Å²) in [6.07, 6.45) is 0.214. The molecule has 1 amide bonds. The largest absolute Gasteiger partial charge is 0.486 e. The highest BCUT2D eigenvalue weighted by atomic mass is 79.9. The normalized spacial score (nSPS) is 16.6. The molecule has 154 valence electrons. The zero-order valence-electron chi connectivity index (χ0n) is 16.2. The second-order valence-corrected chi connectivity index (χ2v) is 8.55. The van der Waals surface area contributed by atoms with Crippen LogP contribution in [0.3, 0.4) is 0 Å². The second kappa shape index (κ2) is 8.81. The van der Waals surface area contributed by atoms with Crippen LogP contribution in [-0.2, 0) is 11.2 Å². The van der Waals surface area contributed by atoms with E-state index in [1.807, 2.05) is 30.3 Å². The Hall–Kier alpha value is -1.96. The van der Waals surface area contributed by atoms with Crippen LogP contribution in [0.15, 0.2) is 34.8 Å². The van der Waals surface area contributed by atoms with Crippen molar-refractivity contribution in [2.24, 2.45) is 0 Å². The third kappa shape index (κ3) is 4.79. The molecule has 2 aliphatic rings. The van der Waals surface area contributed by atoms with Crippen molar-refractivity contribution in [2.75, 3.05) is 56.7 Å². The van der Waals surface area contributed by atoms with Gasteiger partial charge < -0.3 is 24.6 Å². The maximum absolute atomic E-state index is 12.8. The topological polar surface area (TPSA) is 54.0 Å². The molecule has 29 heavy (non-hydrogen) atoms. The molecule has 2 heterocycles. The highest BCUT2D eigenvalue weighted by molar-refractivity contribution is 9.10. The van der Waals surface area contributed by atoms with Crippen LogP contribution in [0.4, 0.5) is 11.4 Å². The maximum Gasteiger partial charge on any atom is 0.228 e. The number of hydrogen-bond acceptors (Lipinski definition) is 5. The van der Waals surface area contributed by atoms with Gasteiger partial charge in [0.25, 0.3) is 0 Å². The van der Waals surface area contributed by atoms with Crippen LogP contribution in [0.1, 0.15) is 5.56 Å². The van der Waals surface area contributed by atoms with E-state index >= 15 is 0 Å². The Kier molecular flexibility index (Phi) is 6.18. The lowest BCUT2D eigenvalue weighted by Crippen LogP contribution is -2.44. The first-order valence-electron chi connectivity index (χ1n) is 9.60. The zero-order valence-corrected chi connectivity index (χ0v) is 18.6. The van der Waals surface area contributed by atoms with Crippen LogP contribution < -0.4 is 19.7 Å². The fourth-order valence-corrected chi connectivity index (χ4v) is 4.18. The fourth-order valence-electron chi connectivity index (χ4n) is 3.54. The van der Waals surface area contributed by atoms with Crippen LogP contribution >= 0.6 is 27.5 Å². The number of amides is 1. The first kappa shape index (κ1) is 20.3. The Labute approximate surface area is 183 Å². The Morgan fingerprint density at radius 1 is 1.10 bits per heavy atom. The minimum atomic E-state index is -0.111. The Bertz CT molecular complexity index is 916. The van der Waals surface area contributed by atoms with E-state index in [2.05, 4.69) is 38.1 Å². The number of fused-ring (bicyclic) bond motifs is 1. The summed E-state index contributed by atoms with van der Waals surface area (Å²) in [6.45, 7) is 4.84. The number of halogens is 2. The van der Waals surface area contributed by atoms with Gasteiger partial charge in [0.1, 0.15) is 13.2 Å². The van der Waals surface area contributed by atoms with Gasteiger partial charge in [-0.3, -0.25) is 4.79 Å². The highest BCUT2D eigenvalue weighted by Crippen LogP contribution is 2.36. The monoisotopic (exact) mass is 479 g/mol. The van der Waals surface area contributed by atoms with E-state index in [9.17, 15) is 4.79 Å². The van der Waals surface area contributed by atoms with Crippen LogP contribution in [-0.4, -0.2) is 57.2 Å². The van der Waals surface area contributed by atoms with Gasteiger partial charge in [-0.05, 0) is 42.9 Å². The first-order valence-corrected chi connectivity index (χ1v) is 10.8. The average molecular weight is 481 g/mol. The minimum Gasteiger partial charge on any atom is -0.486 e. The van der Waals surface area contributed by atoms with Gasteiger partial charge in [0, 0.05) is 35.7 Å². The number of nitrogens with one attached hydrogen (secondary N) is 1. The van der Waals surface area contributed by atoms with Gasteiger partial charge in [0.05, 0.1) is 17.8 Å². The highest BCUT2D eigenvalue weighted by Gasteiger charge is 2.20. The number of rotatable bonds is 4. The molecule has 0 spiro atoms. The third-order valence-corrected chi connectivity index (χ3v) is 6.11. The van der Waals surface area contributed by atoms with E-state index in [0.29, 0.717) is 29.7 Å². The van der Waals surface area contributed by atoms with Crippen molar-refractivity contribution in [3.05, 3.63) is 45.4 Å². The standard InChI is InChI=1S/C21H23BrClN3O3/c1-25-4-6-26(7-5-25)18-3-2-15(23)12-17(18)24-21(27)11-14-10-19-20(13-16(14)22)29-9-8-28-19/h2-3,10,12-13H,4-9,11H2,1H3,(H,24,27). The van der Waals surface area contributed by atoms with E-state index in [0.717, 1.165) is 47.6 Å². The number of anilines is 2. The van der Waals surface area contributed by atoms with Gasteiger partial charge in [-0.1, -0.05) is 27.5 Å². The molecule has 0 saturated carbocycles. The molecule has 0 aliphatic carbocycles. The Morgan fingerprint density at radius 3 is 2.52 bits per heavy atom. The summed E-state index contributed by atoms with van der Waals surface area (Å²) in [6, 6.07) is 9.36. The molecule has 1 N–H and O–H groups in total. The van der Waals surface area contributed by atoms with E-state index < -0.39 is 0 Å². The van der Waals surface area contributed by atoms with Crippen LogP contribution in [0.25, 0.3) is 0 Å². The van der Waals surface area contributed by atoms with Crippen molar-refractivity contribution in [1.29, 1.82) is 0 Å². The smallest absolute Gasteiger partial charge is 0.228 e. The lowest BCUT2D eigenvalue weighted by molar-refractivity contribution is -0.115. The zero-order chi connectivity index (χ0) is 20.4. The summed E-state index contributed by atoms with van der Waals surface area (Å²) in [5, 5.41) is 3.64. The Morgan fingerprint density at radius 2 is 1.79 bits per heavy atom. The molecular weight excluding hydrogens is 458 g/mol. The Balaban J connectivity index is 1.51. The lowest BCUT2D eigenvalue weighted by Gasteiger charge is -2.35. The van der Waals surface area contributed by atoms with Crippen molar-refractivity contribution < 1.29 is 14.3 Å². The average Bonchev–Trinajstić information content (AvgIpc) is 2.69. The van der Waals surface area contributed by atoms with Gasteiger partial charge in [-0.2, -0.15) is 0 Å². The number of piperazine rings is 1. The number of hydrogen-bond donors (Lipinski definition) is 1. The van der Waals surface area contributed by atoms with E-state index in [1.54, 1.807) is 0 Å². The number of benzene rings is 2. The predicted octanol–water partition coefficient (Wildman–Crippen LogP) is 3.81. The predicted molar refractivity (Wildman–Crippen MR) is 119 cm³/mol. The van der Waals surface area contributed by atoms with E-state index in [1.165, 1.54) is 0 Å². The van der Waals surface area contributed by atoms with Crippen molar-refractivity contribution in [2.45, 2.75) is 6.42 Å². The minimum absolute atomic E-state index is 0.111. The number of likely N-dealkylation sites (N-methyl/N-ethyl adjacent to an activating group) is 1. The molecule has 6 nitrogen and oxygen atoms in total. The molecular formula is C21H23BrClN3O3. The molecule has 0 unspecified atom stereocenters. The molecule has 1 fully saturated rings. The summed E-state index contributed by atoms with van der Waals surface area (Å²) >= 11 is 9.75. The molecule has 8 heteroatoms. The SMILES string of the molecule is CN1CCN(c2ccc(Cl)cc2NC(=O)Cc2cc3c(cc2Br)OCCO3)CC1. The van der Waals surface area contributed by atoms with E-state index in [4.69, 9.17) is 21.1 Å². The molecule has 0 bridgehead atoms. The molecule has 0 atom stereocenters. The quantitative estimate of drug-likeness (QED) is 0.721. The van der Waals surface area contributed by atoms with Gasteiger partial charge in [-0.25, -0.2) is 0 Å². The summed E-state index contributed by atoms with van der Waals surface area (Å²) in [5.41, 5.74) is 2.58. The van der Waals surface area contributed by atoms with Crippen molar-refractivity contribution in [3.63, 3.8) is 0 Å². The number of carbonyl (C=O) groups is 1. The second-order valence-electron chi connectivity index (χ2n) is 7.26.